The highest BCUT2D eigenvalue weighted by Crippen LogP contribution is 2.27. The zero-order valence-electron chi connectivity index (χ0n) is 13.3. The van der Waals surface area contributed by atoms with E-state index in [0.717, 1.165) is 24.8 Å². The van der Waals surface area contributed by atoms with Gasteiger partial charge in [0.25, 0.3) is 5.91 Å². The van der Waals surface area contributed by atoms with Crippen molar-refractivity contribution in [3.63, 3.8) is 0 Å². The van der Waals surface area contributed by atoms with Crippen LogP contribution in [0.25, 0.3) is 11.3 Å². The SMILES string of the molecule is Cl.NCC1CCCCC1NC(=O)c1cc(-c2ccccc2Cl)n[nH]1. The van der Waals surface area contributed by atoms with Crippen LogP contribution in [0.4, 0.5) is 0 Å². The van der Waals surface area contributed by atoms with Gasteiger partial charge in [0.2, 0.25) is 0 Å². The van der Waals surface area contributed by atoms with Crippen molar-refractivity contribution >= 4 is 29.9 Å². The number of carbonyl (C=O) groups is 1. The van der Waals surface area contributed by atoms with Crippen LogP contribution in [0.15, 0.2) is 30.3 Å². The van der Waals surface area contributed by atoms with Gasteiger partial charge in [0.15, 0.2) is 0 Å². The molecule has 0 spiro atoms. The van der Waals surface area contributed by atoms with E-state index in [0.29, 0.717) is 28.9 Å². The molecule has 1 aliphatic rings. The smallest absolute Gasteiger partial charge is 0.269 e. The Morgan fingerprint density at radius 3 is 2.83 bits per heavy atom. The Bertz CT molecular complexity index is 689. The molecule has 4 N–H and O–H groups in total. The van der Waals surface area contributed by atoms with E-state index in [-0.39, 0.29) is 24.4 Å². The van der Waals surface area contributed by atoms with Crippen LogP contribution in [0.3, 0.4) is 0 Å². The summed E-state index contributed by atoms with van der Waals surface area (Å²) in [5.41, 5.74) is 7.74. The van der Waals surface area contributed by atoms with Crippen LogP contribution in [-0.2, 0) is 0 Å². The number of nitrogens with one attached hydrogen (secondary N) is 2. The third kappa shape index (κ3) is 4.09. The van der Waals surface area contributed by atoms with Gasteiger partial charge in [-0.15, -0.1) is 12.4 Å². The summed E-state index contributed by atoms with van der Waals surface area (Å²) < 4.78 is 0. The minimum Gasteiger partial charge on any atom is -0.348 e. The van der Waals surface area contributed by atoms with Gasteiger partial charge in [-0.2, -0.15) is 5.10 Å². The molecule has 2 unspecified atom stereocenters. The third-order valence-corrected chi connectivity index (χ3v) is 4.83. The molecule has 24 heavy (non-hydrogen) atoms. The number of hydrogen-bond acceptors (Lipinski definition) is 3. The molecule has 130 valence electrons. The first-order chi connectivity index (χ1) is 11.2. The van der Waals surface area contributed by atoms with E-state index in [1.807, 2.05) is 18.2 Å². The van der Waals surface area contributed by atoms with Gasteiger partial charge in [0, 0.05) is 11.6 Å². The Morgan fingerprint density at radius 1 is 1.33 bits per heavy atom. The van der Waals surface area contributed by atoms with Crippen molar-refractivity contribution < 1.29 is 4.79 Å². The number of nitrogens with zero attached hydrogens (tertiary/aromatic N) is 1. The zero-order valence-corrected chi connectivity index (χ0v) is 14.9. The number of carbonyl (C=O) groups excluding carboxylic acids is 1. The van der Waals surface area contributed by atoms with Crippen LogP contribution in [-0.4, -0.2) is 28.7 Å². The normalized spacial score (nSPS) is 20.2. The molecule has 0 saturated heterocycles. The fraction of sp³-hybridized carbons (Fsp3) is 0.412. The van der Waals surface area contributed by atoms with E-state index in [4.69, 9.17) is 17.3 Å². The summed E-state index contributed by atoms with van der Waals surface area (Å²) in [6.07, 6.45) is 4.39. The maximum atomic E-state index is 12.4. The molecule has 1 aliphatic carbocycles. The van der Waals surface area contributed by atoms with Crippen molar-refractivity contribution in [1.29, 1.82) is 0 Å². The molecule has 0 bridgehead atoms. The number of hydrogen-bond donors (Lipinski definition) is 3. The highest BCUT2D eigenvalue weighted by atomic mass is 35.5. The highest BCUT2D eigenvalue weighted by molar-refractivity contribution is 6.33. The van der Waals surface area contributed by atoms with Gasteiger partial charge in [-0.05, 0) is 37.4 Å². The lowest BCUT2D eigenvalue weighted by atomic mass is 9.84. The number of nitrogens with two attached hydrogens (primary N) is 1. The first-order valence-corrected chi connectivity index (χ1v) is 8.38. The van der Waals surface area contributed by atoms with Crippen LogP contribution in [0.2, 0.25) is 5.02 Å². The average Bonchev–Trinajstić information content (AvgIpc) is 3.05. The molecule has 2 aromatic rings. The second-order valence-electron chi connectivity index (χ2n) is 6.01. The van der Waals surface area contributed by atoms with Crippen molar-refractivity contribution in [3.8, 4) is 11.3 Å². The van der Waals surface area contributed by atoms with Crippen LogP contribution in [0.1, 0.15) is 36.2 Å². The Labute approximate surface area is 152 Å². The van der Waals surface area contributed by atoms with Crippen molar-refractivity contribution in [2.24, 2.45) is 11.7 Å². The van der Waals surface area contributed by atoms with Gasteiger partial charge < -0.3 is 11.1 Å². The van der Waals surface area contributed by atoms with Gasteiger partial charge >= 0.3 is 0 Å². The predicted octanol–water partition coefficient (Wildman–Crippen LogP) is 3.40. The Balaban J connectivity index is 0.00000208. The molecule has 1 heterocycles. The van der Waals surface area contributed by atoms with Crippen molar-refractivity contribution in [3.05, 3.63) is 41.0 Å². The van der Waals surface area contributed by atoms with Crippen molar-refractivity contribution in [2.75, 3.05) is 6.54 Å². The van der Waals surface area contributed by atoms with Crippen LogP contribution < -0.4 is 11.1 Å². The molecule has 1 aromatic carbocycles. The van der Waals surface area contributed by atoms with E-state index in [1.165, 1.54) is 6.42 Å². The fourth-order valence-electron chi connectivity index (χ4n) is 3.17. The zero-order chi connectivity index (χ0) is 16.2. The molecule has 2 atom stereocenters. The molecule has 1 fully saturated rings. The summed E-state index contributed by atoms with van der Waals surface area (Å²) in [7, 11) is 0. The molecule has 1 saturated carbocycles. The maximum Gasteiger partial charge on any atom is 0.269 e. The standard InChI is InChI=1S/C17H21ClN4O.ClH/c18-13-7-3-2-6-12(13)15-9-16(22-21-15)17(23)20-14-8-4-1-5-11(14)10-19;/h2-3,6-7,9,11,14H,1,4-5,8,10,19H2,(H,20,23)(H,21,22);1H. The summed E-state index contributed by atoms with van der Waals surface area (Å²) in [5, 5.41) is 10.7. The fourth-order valence-corrected chi connectivity index (χ4v) is 3.40. The monoisotopic (exact) mass is 368 g/mol. The Hall–Kier alpha value is -1.56. The lowest BCUT2D eigenvalue weighted by molar-refractivity contribution is 0.0903. The molecule has 7 heteroatoms. The topological polar surface area (TPSA) is 83.8 Å². The Morgan fingerprint density at radius 2 is 2.08 bits per heavy atom. The number of halogens is 2. The highest BCUT2D eigenvalue weighted by Gasteiger charge is 2.26. The lowest BCUT2D eigenvalue weighted by Gasteiger charge is -2.31. The molecular formula is C17H22Cl2N4O. The van der Waals surface area contributed by atoms with Gasteiger partial charge in [0.05, 0.1) is 10.7 Å². The van der Waals surface area contributed by atoms with Crippen molar-refractivity contribution in [2.45, 2.75) is 31.7 Å². The third-order valence-electron chi connectivity index (χ3n) is 4.50. The van der Waals surface area contributed by atoms with Crippen LogP contribution >= 0.6 is 24.0 Å². The van der Waals surface area contributed by atoms with E-state index < -0.39 is 0 Å². The summed E-state index contributed by atoms with van der Waals surface area (Å²) in [6, 6.07) is 9.32. The van der Waals surface area contributed by atoms with Gasteiger partial charge in [0.1, 0.15) is 5.69 Å². The quantitative estimate of drug-likeness (QED) is 0.772. The number of H-pyrrole nitrogens is 1. The van der Waals surface area contributed by atoms with Crippen LogP contribution in [0.5, 0.6) is 0 Å². The molecule has 0 radical (unpaired) electrons. The van der Waals surface area contributed by atoms with E-state index >= 15 is 0 Å². The number of amides is 1. The summed E-state index contributed by atoms with van der Waals surface area (Å²) in [4.78, 5) is 12.4. The second-order valence-corrected chi connectivity index (χ2v) is 6.41. The molecule has 1 amide bonds. The van der Waals surface area contributed by atoms with E-state index in [9.17, 15) is 4.79 Å². The van der Waals surface area contributed by atoms with E-state index in [2.05, 4.69) is 15.5 Å². The lowest BCUT2D eigenvalue weighted by Crippen LogP contribution is -2.44. The number of aromatic nitrogens is 2. The molecular weight excluding hydrogens is 347 g/mol. The number of benzene rings is 1. The molecule has 0 aliphatic heterocycles. The van der Waals surface area contributed by atoms with Crippen molar-refractivity contribution in [1.82, 2.24) is 15.5 Å². The number of aromatic amines is 1. The first-order valence-electron chi connectivity index (χ1n) is 8.00. The summed E-state index contributed by atoms with van der Waals surface area (Å²) in [6.45, 7) is 0.610. The molecule has 3 rings (SSSR count). The van der Waals surface area contributed by atoms with Crippen LogP contribution in [0, 0.1) is 5.92 Å². The molecule has 5 nitrogen and oxygen atoms in total. The molecule has 1 aromatic heterocycles. The largest absolute Gasteiger partial charge is 0.348 e. The van der Waals surface area contributed by atoms with Gasteiger partial charge in [-0.3, -0.25) is 9.89 Å². The first kappa shape index (κ1) is 18.8. The van der Waals surface area contributed by atoms with E-state index in [1.54, 1.807) is 12.1 Å². The minimum absolute atomic E-state index is 0. The number of rotatable bonds is 4. The Kier molecular flexibility index (Phi) is 6.66. The average molecular weight is 369 g/mol. The van der Waals surface area contributed by atoms with Gasteiger partial charge in [-0.25, -0.2) is 0 Å². The predicted molar refractivity (Wildman–Crippen MR) is 98.5 cm³/mol. The maximum absolute atomic E-state index is 12.4. The summed E-state index contributed by atoms with van der Waals surface area (Å²) >= 11 is 6.17. The second kappa shape index (κ2) is 8.51. The van der Waals surface area contributed by atoms with Gasteiger partial charge in [-0.1, -0.05) is 42.6 Å². The summed E-state index contributed by atoms with van der Waals surface area (Å²) in [5.74, 6) is 0.222. The minimum atomic E-state index is -0.138.